The SMILES string of the molecule is O=C(NC1(C(=O)O)CCCCCC1)C1CC(c2cccc(F)c2)=NO1. The number of carbonyl (C=O) groups excluding carboxylic acids is 1. The lowest BCUT2D eigenvalue weighted by Crippen LogP contribution is -2.56. The fourth-order valence-electron chi connectivity index (χ4n) is 3.40. The summed E-state index contributed by atoms with van der Waals surface area (Å²) in [4.78, 5) is 29.5. The number of rotatable bonds is 4. The quantitative estimate of drug-likeness (QED) is 0.819. The van der Waals surface area contributed by atoms with Crippen molar-refractivity contribution in [3.63, 3.8) is 0 Å². The lowest BCUT2D eigenvalue weighted by molar-refractivity contribution is -0.150. The van der Waals surface area contributed by atoms with E-state index in [4.69, 9.17) is 4.84 Å². The first-order chi connectivity index (χ1) is 12.0. The minimum absolute atomic E-state index is 0.186. The average molecular weight is 348 g/mol. The maximum Gasteiger partial charge on any atom is 0.329 e. The molecule has 1 amide bonds. The van der Waals surface area contributed by atoms with Gasteiger partial charge in [-0.1, -0.05) is 43.0 Å². The molecule has 1 aliphatic carbocycles. The van der Waals surface area contributed by atoms with Gasteiger partial charge in [0.1, 0.15) is 11.4 Å². The summed E-state index contributed by atoms with van der Waals surface area (Å²) in [5.74, 6) is -1.89. The minimum Gasteiger partial charge on any atom is -0.480 e. The second kappa shape index (κ2) is 7.21. The van der Waals surface area contributed by atoms with E-state index in [1.165, 1.54) is 12.1 Å². The zero-order valence-corrected chi connectivity index (χ0v) is 13.8. The Bertz CT molecular complexity index is 696. The van der Waals surface area contributed by atoms with Crippen LogP contribution in [0.1, 0.15) is 50.5 Å². The highest BCUT2D eigenvalue weighted by Gasteiger charge is 2.42. The Balaban J connectivity index is 1.67. The lowest BCUT2D eigenvalue weighted by Gasteiger charge is -2.30. The van der Waals surface area contributed by atoms with Gasteiger partial charge in [-0.2, -0.15) is 0 Å². The number of carboxylic acid groups (broad SMARTS) is 1. The van der Waals surface area contributed by atoms with Crippen molar-refractivity contribution < 1.29 is 23.9 Å². The Hall–Kier alpha value is -2.44. The van der Waals surface area contributed by atoms with E-state index in [0.717, 1.165) is 25.7 Å². The van der Waals surface area contributed by atoms with Crippen LogP contribution in [0.5, 0.6) is 0 Å². The van der Waals surface area contributed by atoms with Gasteiger partial charge in [-0.25, -0.2) is 9.18 Å². The molecule has 0 radical (unpaired) electrons. The third kappa shape index (κ3) is 3.81. The van der Waals surface area contributed by atoms with Crippen molar-refractivity contribution in [3.05, 3.63) is 35.6 Å². The highest BCUT2D eigenvalue weighted by molar-refractivity contribution is 6.04. The normalized spacial score (nSPS) is 22.4. The minimum atomic E-state index is -1.24. The van der Waals surface area contributed by atoms with Crippen LogP contribution in [0.4, 0.5) is 4.39 Å². The molecule has 6 nitrogen and oxygen atoms in total. The van der Waals surface area contributed by atoms with Crippen molar-refractivity contribution in [2.24, 2.45) is 5.16 Å². The van der Waals surface area contributed by atoms with Crippen molar-refractivity contribution in [2.45, 2.75) is 56.6 Å². The zero-order valence-electron chi connectivity index (χ0n) is 13.8. The number of nitrogens with zero attached hydrogens (tertiary/aromatic N) is 1. The Morgan fingerprint density at radius 3 is 2.60 bits per heavy atom. The standard InChI is InChI=1S/C18H21FN2O4/c19-13-7-5-6-12(10-13)14-11-15(25-21-14)16(22)20-18(17(23)24)8-3-1-2-4-9-18/h5-7,10,15H,1-4,8-9,11H2,(H,20,22)(H,23,24). The Morgan fingerprint density at radius 1 is 1.24 bits per heavy atom. The summed E-state index contributed by atoms with van der Waals surface area (Å²) in [6.45, 7) is 0. The smallest absolute Gasteiger partial charge is 0.329 e. The number of benzene rings is 1. The van der Waals surface area contributed by atoms with E-state index in [0.29, 0.717) is 24.1 Å². The second-order valence-corrected chi connectivity index (χ2v) is 6.64. The highest BCUT2D eigenvalue weighted by Crippen LogP contribution is 2.28. The molecule has 1 fully saturated rings. The predicted molar refractivity (Wildman–Crippen MR) is 88.6 cm³/mol. The van der Waals surface area contributed by atoms with Crippen LogP contribution in [-0.2, 0) is 14.4 Å². The van der Waals surface area contributed by atoms with E-state index >= 15 is 0 Å². The maximum atomic E-state index is 13.3. The summed E-state index contributed by atoms with van der Waals surface area (Å²) < 4.78 is 13.3. The second-order valence-electron chi connectivity index (χ2n) is 6.64. The Kier molecular flexibility index (Phi) is 5.01. The average Bonchev–Trinajstić information content (AvgIpc) is 2.96. The molecular formula is C18H21FN2O4. The fraction of sp³-hybridized carbons (Fsp3) is 0.500. The largest absolute Gasteiger partial charge is 0.480 e. The number of aliphatic carboxylic acids is 1. The van der Waals surface area contributed by atoms with Crippen LogP contribution in [0.3, 0.4) is 0 Å². The summed E-state index contributed by atoms with van der Waals surface area (Å²) in [5, 5.41) is 16.2. The van der Waals surface area contributed by atoms with Crippen LogP contribution in [0, 0.1) is 5.82 Å². The predicted octanol–water partition coefficient (Wildman–Crippen LogP) is 2.61. The van der Waals surface area contributed by atoms with Crippen molar-refractivity contribution in [2.75, 3.05) is 0 Å². The molecule has 0 saturated heterocycles. The van der Waals surface area contributed by atoms with Crippen LogP contribution in [0.2, 0.25) is 0 Å². The third-order valence-corrected chi connectivity index (χ3v) is 4.85. The van der Waals surface area contributed by atoms with E-state index in [2.05, 4.69) is 10.5 Å². The molecule has 1 aromatic carbocycles. The molecule has 1 atom stereocenters. The molecule has 3 rings (SSSR count). The number of carbonyl (C=O) groups is 2. The van der Waals surface area contributed by atoms with Gasteiger partial charge in [0.2, 0.25) is 6.10 Å². The van der Waals surface area contributed by atoms with Crippen molar-refractivity contribution in [3.8, 4) is 0 Å². The number of amides is 1. The number of oxime groups is 1. The monoisotopic (exact) mass is 348 g/mol. The molecule has 2 N–H and O–H groups in total. The van der Waals surface area contributed by atoms with E-state index in [1.54, 1.807) is 12.1 Å². The van der Waals surface area contributed by atoms with Crippen molar-refractivity contribution in [1.29, 1.82) is 0 Å². The molecule has 134 valence electrons. The van der Waals surface area contributed by atoms with Gasteiger partial charge in [-0.15, -0.1) is 0 Å². The first-order valence-electron chi connectivity index (χ1n) is 8.54. The van der Waals surface area contributed by atoms with E-state index in [-0.39, 0.29) is 6.42 Å². The van der Waals surface area contributed by atoms with Gasteiger partial charge in [0.05, 0.1) is 5.71 Å². The van der Waals surface area contributed by atoms with Crippen molar-refractivity contribution in [1.82, 2.24) is 5.32 Å². The van der Waals surface area contributed by atoms with Gasteiger partial charge in [0.25, 0.3) is 5.91 Å². The van der Waals surface area contributed by atoms with Gasteiger partial charge in [0, 0.05) is 12.0 Å². The summed E-state index contributed by atoms with van der Waals surface area (Å²) >= 11 is 0. The Morgan fingerprint density at radius 2 is 1.96 bits per heavy atom. The number of carboxylic acids is 1. The lowest BCUT2D eigenvalue weighted by atomic mass is 9.89. The van der Waals surface area contributed by atoms with Crippen LogP contribution < -0.4 is 5.32 Å². The summed E-state index contributed by atoms with van der Waals surface area (Å²) in [7, 11) is 0. The third-order valence-electron chi connectivity index (χ3n) is 4.85. The molecule has 0 bridgehead atoms. The van der Waals surface area contributed by atoms with E-state index in [9.17, 15) is 19.1 Å². The molecule has 2 aliphatic rings. The van der Waals surface area contributed by atoms with E-state index < -0.39 is 29.3 Å². The highest BCUT2D eigenvalue weighted by atomic mass is 19.1. The van der Waals surface area contributed by atoms with Gasteiger partial charge in [0.15, 0.2) is 0 Å². The molecule has 1 unspecified atom stereocenters. The van der Waals surface area contributed by atoms with Gasteiger partial charge in [-0.05, 0) is 25.0 Å². The molecule has 1 aromatic rings. The van der Waals surface area contributed by atoms with Gasteiger partial charge in [-0.3, -0.25) is 4.79 Å². The number of hydrogen-bond acceptors (Lipinski definition) is 4. The van der Waals surface area contributed by atoms with Crippen LogP contribution in [0.25, 0.3) is 0 Å². The molecule has 1 heterocycles. The van der Waals surface area contributed by atoms with Crippen LogP contribution >= 0.6 is 0 Å². The molecule has 1 saturated carbocycles. The molecular weight excluding hydrogens is 327 g/mol. The van der Waals surface area contributed by atoms with Crippen LogP contribution in [-0.4, -0.2) is 34.3 Å². The molecule has 0 spiro atoms. The summed E-state index contributed by atoms with van der Waals surface area (Å²) in [5.41, 5.74) is -0.207. The van der Waals surface area contributed by atoms with Gasteiger partial charge >= 0.3 is 5.97 Å². The van der Waals surface area contributed by atoms with E-state index in [1.807, 2.05) is 0 Å². The summed E-state index contributed by atoms with van der Waals surface area (Å²) in [6.07, 6.45) is 3.60. The maximum absolute atomic E-state index is 13.3. The Labute approximate surface area is 145 Å². The molecule has 0 aromatic heterocycles. The molecule has 1 aliphatic heterocycles. The van der Waals surface area contributed by atoms with Gasteiger partial charge < -0.3 is 15.3 Å². The number of halogens is 1. The molecule has 7 heteroatoms. The first kappa shape index (κ1) is 17.4. The topological polar surface area (TPSA) is 88.0 Å². The number of nitrogens with one attached hydrogen (secondary N) is 1. The zero-order chi connectivity index (χ0) is 17.9. The number of hydrogen-bond donors (Lipinski definition) is 2. The van der Waals surface area contributed by atoms with Crippen LogP contribution in [0.15, 0.2) is 29.4 Å². The summed E-state index contributed by atoms with van der Waals surface area (Å²) in [6, 6.07) is 5.90. The molecule has 25 heavy (non-hydrogen) atoms. The van der Waals surface area contributed by atoms with Crippen molar-refractivity contribution >= 4 is 17.6 Å². The first-order valence-corrected chi connectivity index (χ1v) is 8.54. The fourth-order valence-corrected chi connectivity index (χ4v) is 3.40.